The Labute approximate surface area is 154 Å². The molecule has 3 aromatic rings. The van der Waals surface area contributed by atoms with Crippen molar-refractivity contribution < 1.29 is 9.47 Å². The quantitative estimate of drug-likeness (QED) is 0.683. The number of piperidine rings is 1. The highest BCUT2D eigenvalue weighted by Crippen LogP contribution is 2.26. The highest BCUT2D eigenvalue weighted by atomic mass is 16.5. The van der Waals surface area contributed by atoms with Crippen LogP contribution in [0.1, 0.15) is 18.4 Å². The van der Waals surface area contributed by atoms with Crippen molar-refractivity contribution in [3.8, 4) is 5.75 Å². The number of fused-ring (bicyclic) bond motifs is 1. The summed E-state index contributed by atoms with van der Waals surface area (Å²) < 4.78 is 11.4. The largest absolute Gasteiger partial charge is 0.489 e. The molecule has 0 aliphatic carbocycles. The molecule has 1 saturated heterocycles. The number of pyridine rings is 1. The Balaban J connectivity index is 1.49. The molecular weight excluding hydrogens is 324 g/mol. The standard InChI is InChI=1S/C22H24N2O2/c1-25-20-9-11-24(12-10-20)19-13-18-14-21(7-8-22(18)23-15-19)26-16-17-5-3-2-4-6-17/h2-8,13-15,20H,9-12,16H2,1H3. The van der Waals surface area contributed by atoms with Gasteiger partial charge in [-0.15, -0.1) is 0 Å². The Bertz CT molecular complexity index is 858. The Morgan fingerprint density at radius 2 is 1.85 bits per heavy atom. The molecule has 0 spiro atoms. The van der Waals surface area contributed by atoms with Crippen LogP contribution in [0, 0.1) is 0 Å². The van der Waals surface area contributed by atoms with E-state index >= 15 is 0 Å². The zero-order chi connectivity index (χ0) is 17.8. The predicted molar refractivity (Wildman–Crippen MR) is 105 cm³/mol. The summed E-state index contributed by atoms with van der Waals surface area (Å²) in [5.74, 6) is 0.874. The minimum atomic E-state index is 0.387. The van der Waals surface area contributed by atoms with Gasteiger partial charge in [-0.1, -0.05) is 30.3 Å². The van der Waals surface area contributed by atoms with Gasteiger partial charge in [0.05, 0.1) is 23.5 Å². The fraction of sp³-hybridized carbons (Fsp3) is 0.318. The first-order valence-electron chi connectivity index (χ1n) is 9.16. The molecule has 1 aliphatic rings. The molecule has 2 aromatic carbocycles. The van der Waals surface area contributed by atoms with E-state index in [0.717, 1.165) is 42.6 Å². The molecule has 0 bridgehead atoms. The fourth-order valence-electron chi connectivity index (χ4n) is 3.45. The first-order chi connectivity index (χ1) is 12.8. The SMILES string of the molecule is COC1CCN(c2cnc3ccc(OCc4ccccc4)cc3c2)CC1. The van der Waals surface area contributed by atoms with E-state index < -0.39 is 0 Å². The zero-order valence-corrected chi connectivity index (χ0v) is 15.1. The highest BCUT2D eigenvalue weighted by molar-refractivity contribution is 5.83. The molecule has 0 amide bonds. The van der Waals surface area contributed by atoms with Gasteiger partial charge in [-0.25, -0.2) is 0 Å². The fourth-order valence-corrected chi connectivity index (χ4v) is 3.45. The van der Waals surface area contributed by atoms with Crippen LogP contribution >= 0.6 is 0 Å². The maximum Gasteiger partial charge on any atom is 0.120 e. The van der Waals surface area contributed by atoms with Crippen molar-refractivity contribution in [3.63, 3.8) is 0 Å². The van der Waals surface area contributed by atoms with Gasteiger partial charge in [0.2, 0.25) is 0 Å². The van der Waals surface area contributed by atoms with Crippen LogP contribution in [-0.4, -0.2) is 31.3 Å². The molecule has 4 nitrogen and oxygen atoms in total. The summed E-state index contributed by atoms with van der Waals surface area (Å²) >= 11 is 0. The van der Waals surface area contributed by atoms with Gasteiger partial charge >= 0.3 is 0 Å². The lowest BCUT2D eigenvalue weighted by molar-refractivity contribution is 0.0819. The van der Waals surface area contributed by atoms with Crippen molar-refractivity contribution in [2.45, 2.75) is 25.6 Å². The normalized spacial score (nSPS) is 15.3. The van der Waals surface area contributed by atoms with Crippen LogP contribution in [0.3, 0.4) is 0 Å². The van der Waals surface area contributed by atoms with E-state index in [-0.39, 0.29) is 0 Å². The molecule has 4 rings (SSSR count). The minimum Gasteiger partial charge on any atom is -0.489 e. The second kappa shape index (κ2) is 7.75. The summed E-state index contributed by atoms with van der Waals surface area (Å²) in [5.41, 5.74) is 3.33. The summed E-state index contributed by atoms with van der Waals surface area (Å²) in [6, 6.07) is 18.5. The first kappa shape index (κ1) is 16.9. The summed E-state index contributed by atoms with van der Waals surface area (Å²) in [6.07, 6.45) is 4.49. The second-order valence-corrected chi connectivity index (χ2v) is 6.74. The van der Waals surface area contributed by atoms with E-state index in [0.29, 0.717) is 12.7 Å². The van der Waals surface area contributed by atoms with Crippen molar-refractivity contribution in [1.82, 2.24) is 4.98 Å². The minimum absolute atomic E-state index is 0.387. The lowest BCUT2D eigenvalue weighted by atomic mass is 10.1. The molecule has 0 saturated carbocycles. The summed E-state index contributed by atoms with van der Waals surface area (Å²) in [7, 11) is 1.80. The molecule has 0 atom stereocenters. The molecule has 134 valence electrons. The molecule has 0 unspecified atom stereocenters. The number of hydrogen-bond acceptors (Lipinski definition) is 4. The van der Waals surface area contributed by atoms with Gasteiger partial charge in [0.1, 0.15) is 12.4 Å². The smallest absolute Gasteiger partial charge is 0.120 e. The number of hydrogen-bond donors (Lipinski definition) is 0. The summed E-state index contributed by atoms with van der Waals surface area (Å²) in [4.78, 5) is 7.01. The molecule has 1 fully saturated rings. The molecule has 2 heterocycles. The van der Waals surface area contributed by atoms with Crippen molar-refractivity contribution in [3.05, 3.63) is 66.4 Å². The van der Waals surface area contributed by atoms with Crippen LogP contribution < -0.4 is 9.64 Å². The summed E-state index contributed by atoms with van der Waals surface area (Å²) in [6.45, 7) is 2.59. The molecule has 0 radical (unpaired) electrons. The van der Waals surface area contributed by atoms with Crippen LogP contribution in [0.4, 0.5) is 5.69 Å². The zero-order valence-electron chi connectivity index (χ0n) is 15.1. The highest BCUT2D eigenvalue weighted by Gasteiger charge is 2.19. The van der Waals surface area contributed by atoms with Crippen LogP contribution in [0.2, 0.25) is 0 Å². The van der Waals surface area contributed by atoms with Gasteiger partial charge in [0.25, 0.3) is 0 Å². The van der Waals surface area contributed by atoms with E-state index in [2.05, 4.69) is 34.1 Å². The van der Waals surface area contributed by atoms with Crippen molar-refractivity contribution in [2.24, 2.45) is 0 Å². The van der Waals surface area contributed by atoms with E-state index in [9.17, 15) is 0 Å². The Morgan fingerprint density at radius 3 is 2.62 bits per heavy atom. The third kappa shape index (κ3) is 3.81. The number of aromatic nitrogens is 1. The molecule has 4 heteroatoms. The van der Waals surface area contributed by atoms with E-state index in [4.69, 9.17) is 9.47 Å². The third-order valence-corrected chi connectivity index (χ3v) is 5.03. The van der Waals surface area contributed by atoms with Gasteiger partial charge in [-0.2, -0.15) is 0 Å². The first-order valence-corrected chi connectivity index (χ1v) is 9.16. The number of anilines is 1. The van der Waals surface area contributed by atoms with Gasteiger partial charge < -0.3 is 14.4 Å². The Kier molecular flexibility index (Phi) is 5.02. The second-order valence-electron chi connectivity index (χ2n) is 6.74. The topological polar surface area (TPSA) is 34.6 Å². The van der Waals surface area contributed by atoms with Crippen LogP contribution in [0.25, 0.3) is 10.9 Å². The summed E-state index contributed by atoms with van der Waals surface area (Å²) in [5, 5.41) is 1.11. The molecule has 1 aliphatic heterocycles. The van der Waals surface area contributed by atoms with Gasteiger partial charge in [-0.05, 0) is 42.7 Å². The monoisotopic (exact) mass is 348 g/mol. The van der Waals surface area contributed by atoms with Gasteiger partial charge in [0, 0.05) is 25.6 Å². The van der Waals surface area contributed by atoms with Crippen LogP contribution in [0.5, 0.6) is 5.75 Å². The number of benzene rings is 2. The van der Waals surface area contributed by atoms with Crippen molar-refractivity contribution in [1.29, 1.82) is 0 Å². The number of ether oxygens (including phenoxy) is 2. The molecule has 26 heavy (non-hydrogen) atoms. The maximum absolute atomic E-state index is 5.96. The van der Waals surface area contributed by atoms with E-state index in [1.807, 2.05) is 36.5 Å². The number of nitrogens with zero attached hydrogens (tertiary/aromatic N) is 2. The third-order valence-electron chi connectivity index (χ3n) is 5.03. The Morgan fingerprint density at radius 1 is 1.04 bits per heavy atom. The van der Waals surface area contributed by atoms with Crippen molar-refractivity contribution in [2.75, 3.05) is 25.1 Å². The lowest BCUT2D eigenvalue weighted by Crippen LogP contribution is -2.36. The average molecular weight is 348 g/mol. The van der Waals surface area contributed by atoms with Crippen LogP contribution in [0.15, 0.2) is 60.8 Å². The Hall–Kier alpha value is -2.59. The maximum atomic E-state index is 5.96. The van der Waals surface area contributed by atoms with Gasteiger partial charge in [0.15, 0.2) is 0 Å². The number of methoxy groups -OCH3 is 1. The lowest BCUT2D eigenvalue weighted by Gasteiger charge is -2.32. The average Bonchev–Trinajstić information content (AvgIpc) is 2.72. The molecular formula is C22H24N2O2. The molecule has 1 aromatic heterocycles. The molecule has 0 N–H and O–H groups in total. The number of rotatable bonds is 5. The van der Waals surface area contributed by atoms with Crippen LogP contribution in [-0.2, 0) is 11.3 Å². The van der Waals surface area contributed by atoms with E-state index in [1.54, 1.807) is 7.11 Å². The van der Waals surface area contributed by atoms with E-state index in [1.165, 1.54) is 11.3 Å². The van der Waals surface area contributed by atoms with Gasteiger partial charge in [-0.3, -0.25) is 4.98 Å². The van der Waals surface area contributed by atoms with Crippen molar-refractivity contribution >= 4 is 16.6 Å². The predicted octanol–water partition coefficient (Wildman–Crippen LogP) is 4.43.